The summed E-state index contributed by atoms with van der Waals surface area (Å²) >= 11 is 1.09. The largest absolute Gasteiger partial charge is 0.465 e. The Morgan fingerprint density at radius 1 is 1.41 bits per heavy atom. The lowest BCUT2D eigenvalue weighted by molar-refractivity contribution is 0.0602. The van der Waals surface area contributed by atoms with Crippen LogP contribution in [-0.4, -0.2) is 38.9 Å². The molecule has 0 spiro atoms. The van der Waals surface area contributed by atoms with Gasteiger partial charge < -0.3 is 4.74 Å². The van der Waals surface area contributed by atoms with Gasteiger partial charge in [0.1, 0.15) is 9.77 Å². The van der Waals surface area contributed by atoms with E-state index in [0.717, 1.165) is 24.2 Å². The number of esters is 1. The maximum absolute atomic E-state index is 12.3. The summed E-state index contributed by atoms with van der Waals surface area (Å²) in [6.45, 7) is 1.05. The number of hydrogen-bond donors (Lipinski definition) is 0. The molecule has 5 nitrogen and oxygen atoms in total. The van der Waals surface area contributed by atoms with Crippen molar-refractivity contribution in [3.63, 3.8) is 0 Å². The van der Waals surface area contributed by atoms with Gasteiger partial charge in [0.15, 0.2) is 0 Å². The molecule has 0 bridgehead atoms. The third-order valence-electron chi connectivity index (χ3n) is 2.68. The normalized spacial score (nSPS) is 17.2. The fourth-order valence-corrected chi connectivity index (χ4v) is 4.63. The van der Waals surface area contributed by atoms with E-state index in [2.05, 4.69) is 4.74 Å². The van der Waals surface area contributed by atoms with E-state index < -0.39 is 16.0 Å². The van der Waals surface area contributed by atoms with Crippen molar-refractivity contribution in [3.05, 3.63) is 16.3 Å². The summed E-state index contributed by atoms with van der Waals surface area (Å²) in [6, 6.07) is 1.46. The Bertz CT molecular complexity index is 514. The third kappa shape index (κ3) is 2.22. The minimum absolute atomic E-state index is 0.0660. The van der Waals surface area contributed by atoms with Crippen LogP contribution in [0, 0.1) is 0 Å². The van der Waals surface area contributed by atoms with Crippen molar-refractivity contribution in [1.82, 2.24) is 4.31 Å². The number of hydrogen-bond acceptors (Lipinski definition) is 5. The van der Waals surface area contributed by atoms with Gasteiger partial charge in [0.2, 0.25) is 10.0 Å². The standard InChI is InChI=1S/C10H13NO4S2/c1-15-10(12)9-8(4-7-16-9)17(13,14)11-5-2-3-6-11/h4,7H,2-3,5-6H2,1H3. The molecule has 17 heavy (non-hydrogen) atoms. The van der Waals surface area contributed by atoms with Gasteiger partial charge in [0, 0.05) is 13.1 Å². The van der Waals surface area contributed by atoms with Gasteiger partial charge in [0.05, 0.1) is 7.11 Å². The molecular formula is C10H13NO4S2. The Kier molecular flexibility index (Phi) is 3.50. The van der Waals surface area contributed by atoms with Gasteiger partial charge in [0.25, 0.3) is 0 Å². The predicted molar refractivity (Wildman–Crippen MR) is 63.7 cm³/mol. The van der Waals surface area contributed by atoms with E-state index in [4.69, 9.17) is 0 Å². The topological polar surface area (TPSA) is 63.7 Å². The van der Waals surface area contributed by atoms with E-state index in [1.807, 2.05) is 0 Å². The average Bonchev–Trinajstić information content (AvgIpc) is 2.98. The minimum Gasteiger partial charge on any atom is -0.465 e. The lowest BCUT2D eigenvalue weighted by Gasteiger charge is -2.15. The van der Waals surface area contributed by atoms with Crippen molar-refractivity contribution < 1.29 is 17.9 Å². The van der Waals surface area contributed by atoms with Gasteiger partial charge in [-0.3, -0.25) is 0 Å². The van der Waals surface area contributed by atoms with Gasteiger partial charge in [-0.2, -0.15) is 4.31 Å². The first-order valence-electron chi connectivity index (χ1n) is 5.23. The molecule has 0 aromatic carbocycles. The lowest BCUT2D eigenvalue weighted by atomic mass is 10.4. The molecule has 0 unspecified atom stereocenters. The van der Waals surface area contributed by atoms with Gasteiger partial charge in [-0.05, 0) is 24.3 Å². The highest BCUT2D eigenvalue weighted by Gasteiger charge is 2.31. The SMILES string of the molecule is COC(=O)c1sccc1S(=O)(=O)N1CCCC1. The number of thiophene rings is 1. The zero-order chi connectivity index (χ0) is 12.5. The number of methoxy groups -OCH3 is 1. The van der Waals surface area contributed by atoms with Crippen molar-refractivity contribution in [2.75, 3.05) is 20.2 Å². The smallest absolute Gasteiger partial charge is 0.349 e. The van der Waals surface area contributed by atoms with E-state index in [-0.39, 0.29) is 9.77 Å². The monoisotopic (exact) mass is 275 g/mol. The minimum atomic E-state index is -3.54. The van der Waals surface area contributed by atoms with E-state index in [1.54, 1.807) is 5.38 Å². The number of carbonyl (C=O) groups excluding carboxylic acids is 1. The highest BCUT2D eigenvalue weighted by atomic mass is 32.2. The van der Waals surface area contributed by atoms with Gasteiger partial charge in [-0.15, -0.1) is 11.3 Å². The maximum Gasteiger partial charge on any atom is 0.349 e. The molecule has 0 saturated carbocycles. The molecule has 2 heterocycles. The van der Waals surface area contributed by atoms with Gasteiger partial charge in [-0.1, -0.05) is 0 Å². The summed E-state index contributed by atoms with van der Waals surface area (Å²) < 4.78 is 30.5. The Hall–Kier alpha value is -0.920. The molecule has 0 atom stereocenters. The number of ether oxygens (including phenoxy) is 1. The highest BCUT2D eigenvalue weighted by molar-refractivity contribution is 7.89. The lowest BCUT2D eigenvalue weighted by Crippen LogP contribution is -2.28. The van der Waals surface area contributed by atoms with Crippen LogP contribution in [0.3, 0.4) is 0 Å². The van der Waals surface area contributed by atoms with Crippen LogP contribution in [-0.2, 0) is 14.8 Å². The number of nitrogens with zero attached hydrogens (tertiary/aromatic N) is 1. The Morgan fingerprint density at radius 3 is 2.65 bits per heavy atom. The Morgan fingerprint density at radius 2 is 2.06 bits per heavy atom. The van der Waals surface area contributed by atoms with Crippen molar-refractivity contribution >= 4 is 27.3 Å². The van der Waals surface area contributed by atoms with Crippen LogP contribution >= 0.6 is 11.3 Å². The molecule has 1 aromatic heterocycles. The van der Waals surface area contributed by atoms with Crippen molar-refractivity contribution in [1.29, 1.82) is 0 Å². The quantitative estimate of drug-likeness (QED) is 0.780. The van der Waals surface area contributed by atoms with Gasteiger partial charge >= 0.3 is 5.97 Å². The first-order chi connectivity index (χ1) is 8.07. The summed E-state index contributed by atoms with van der Waals surface area (Å²) in [7, 11) is -2.29. The average molecular weight is 275 g/mol. The van der Waals surface area contributed by atoms with Crippen LogP contribution in [0.1, 0.15) is 22.5 Å². The fourth-order valence-electron chi connectivity index (χ4n) is 1.81. The van der Waals surface area contributed by atoms with Crippen LogP contribution in [0.15, 0.2) is 16.3 Å². The molecule has 94 valence electrons. The molecule has 0 amide bonds. The van der Waals surface area contributed by atoms with E-state index in [9.17, 15) is 13.2 Å². The molecule has 0 aliphatic carbocycles. The van der Waals surface area contributed by atoms with Crippen molar-refractivity contribution in [2.45, 2.75) is 17.7 Å². The summed E-state index contributed by atoms with van der Waals surface area (Å²) in [5.41, 5.74) is 0. The molecule has 2 rings (SSSR count). The van der Waals surface area contributed by atoms with Crippen LogP contribution in [0.25, 0.3) is 0 Å². The van der Waals surface area contributed by atoms with Crippen LogP contribution < -0.4 is 0 Å². The first-order valence-corrected chi connectivity index (χ1v) is 7.55. The van der Waals surface area contributed by atoms with Crippen molar-refractivity contribution in [3.8, 4) is 0 Å². The third-order valence-corrected chi connectivity index (χ3v) is 5.65. The second-order valence-electron chi connectivity index (χ2n) is 3.72. The molecule has 1 saturated heterocycles. The molecule has 1 aliphatic rings. The summed E-state index contributed by atoms with van der Waals surface area (Å²) in [5.74, 6) is -0.599. The number of carbonyl (C=O) groups is 1. The fraction of sp³-hybridized carbons (Fsp3) is 0.500. The van der Waals surface area contributed by atoms with Crippen molar-refractivity contribution in [2.24, 2.45) is 0 Å². The zero-order valence-corrected chi connectivity index (χ0v) is 11.0. The van der Waals surface area contributed by atoms with E-state index >= 15 is 0 Å². The second kappa shape index (κ2) is 4.75. The van der Waals surface area contributed by atoms with E-state index in [0.29, 0.717) is 13.1 Å². The molecule has 0 radical (unpaired) electrons. The van der Waals surface area contributed by atoms with Crippen LogP contribution in [0.4, 0.5) is 0 Å². The second-order valence-corrected chi connectivity index (χ2v) is 6.54. The van der Waals surface area contributed by atoms with E-state index in [1.165, 1.54) is 17.5 Å². The summed E-state index contributed by atoms with van der Waals surface area (Å²) in [6.07, 6.45) is 1.74. The Balaban J connectivity index is 2.39. The molecule has 1 fully saturated rings. The summed E-state index contributed by atoms with van der Waals surface area (Å²) in [5, 5.41) is 1.59. The van der Waals surface area contributed by atoms with Crippen LogP contribution in [0.5, 0.6) is 0 Å². The zero-order valence-electron chi connectivity index (χ0n) is 9.38. The molecular weight excluding hydrogens is 262 g/mol. The Labute approximate surface area is 104 Å². The molecule has 1 aliphatic heterocycles. The van der Waals surface area contributed by atoms with Crippen LogP contribution in [0.2, 0.25) is 0 Å². The van der Waals surface area contributed by atoms with Gasteiger partial charge in [-0.25, -0.2) is 13.2 Å². The summed E-state index contributed by atoms with van der Waals surface area (Å²) in [4.78, 5) is 11.7. The highest BCUT2D eigenvalue weighted by Crippen LogP contribution is 2.27. The molecule has 1 aromatic rings. The first kappa shape index (κ1) is 12.5. The molecule has 7 heteroatoms. The maximum atomic E-state index is 12.3. The number of rotatable bonds is 3. The molecule has 0 N–H and O–H groups in total. The predicted octanol–water partition coefficient (Wildman–Crippen LogP) is 1.32. The number of sulfonamides is 1.